The van der Waals surface area contributed by atoms with Crippen LogP contribution in [0.5, 0.6) is 23.1 Å². The monoisotopic (exact) mass is 521 g/mol. The molecule has 3 aromatic carbocycles. The van der Waals surface area contributed by atoms with Crippen molar-refractivity contribution < 1.29 is 9.47 Å². The summed E-state index contributed by atoms with van der Waals surface area (Å²) >= 11 is 0. The average Bonchev–Trinajstić information content (AvgIpc) is 3.19. The maximum absolute atomic E-state index is 6.46. The molecule has 202 valence electrons. The van der Waals surface area contributed by atoms with E-state index in [9.17, 15) is 0 Å². The van der Waals surface area contributed by atoms with Gasteiger partial charge in [-0.3, -0.25) is 0 Å². The van der Waals surface area contributed by atoms with Gasteiger partial charge >= 0.3 is 0 Å². The van der Waals surface area contributed by atoms with E-state index >= 15 is 0 Å². The molecular formula is C34H39N3O2. The molecule has 5 rings (SSSR count). The average molecular weight is 522 g/mol. The summed E-state index contributed by atoms with van der Waals surface area (Å²) in [4.78, 5) is 9.05. The molecule has 0 saturated carbocycles. The molecule has 0 aliphatic carbocycles. The maximum Gasteiger partial charge on any atom is 0.219 e. The van der Waals surface area contributed by atoms with Crippen LogP contribution in [0.4, 0.5) is 17.1 Å². The Balaban J connectivity index is 1.45. The zero-order valence-corrected chi connectivity index (χ0v) is 24.4. The highest BCUT2D eigenvalue weighted by atomic mass is 16.5. The molecule has 1 aliphatic heterocycles. The van der Waals surface area contributed by atoms with Crippen LogP contribution in [-0.2, 0) is 10.8 Å². The molecule has 4 aromatic rings. The lowest BCUT2D eigenvalue weighted by Crippen LogP contribution is -2.24. The summed E-state index contributed by atoms with van der Waals surface area (Å²) in [5.41, 5.74) is 7.20. The quantitative estimate of drug-likeness (QED) is 0.262. The smallest absolute Gasteiger partial charge is 0.219 e. The van der Waals surface area contributed by atoms with E-state index in [1.54, 1.807) is 6.20 Å². The zero-order valence-electron chi connectivity index (χ0n) is 24.4. The van der Waals surface area contributed by atoms with Gasteiger partial charge in [0.25, 0.3) is 0 Å². The number of anilines is 3. The van der Waals surface area contributed by atoms with E-state index in [1.807, 2.05) is 36.4 Å². The van der Waals surface area contributed by atoms with Crippen LogP contribution in [0.2, 0.25) is 0 Å². The number of hydrogen-bond donors (Lipinski definition) is 0. The molecule has 0 saturated heterocycles. The van der Waals surface area contributed by atoms with Crippen molar-refractivity contribution in [3.8, 4) is 23.1 Å². The molecule has 5 heteroatoms. The van der Waals surface area contributed by atoms with Crippen LogP contribution in [-0.4, -0.2) is 18.7 Å². The molecule has 0 unspecified atom stereocenters. The molecular weight excluding hydrogens is 482 g/mol. The molecule has 5 nitrogen and oxygen atoms in total. The van der Waals surface area contributed by atoms with Crippen LogP contribution in [0.15, 0.2) is 79.0 Å². The molecule has 0 N–H and O–H groups in total. The van der Waals surface area contributed by atoms with Gasteiger partial charge in [-0.25, -0.2) is 4.98 Å². The van der Waals surface area contributed by atoms with Crippen LogP contribution in [0, 0.1) is 6.92 Å². The highest BCUT2D eigenvalue weighted by Crippen LogP contribution is 2.43. The minimum absolute atomic E-state index is 0.0191. The number of benzene rings is 3. The van der Waals surface area contributed by atoms with E-state index < -0.39 is 0 Å². The molecule has 0 amide bonds. The molecule has 1 aliphatic rings. The lowest BCUT2D eigenvalue weighted by atomic mass is 9.86. The molecule has 0 radical (unpaired) electrons. The molecule has 39 heavy (non-hydrogen) atoms. The molecule has 2 heterocycles. The minimum atomic E-state index is -0.0372. The third kappa shape index (κ3) is 5.88. The summed E-state index contributed by atoms with van der Waals surface area (Å²) in [5, 5.41) is 0. The molecule has 0 fully saturated rings. The Bertz CT molecular complexity index is 1500. The van der Waals surface area contributed by atoms with Crippen molar-refractivity contribution in [2.75, 3.05) is 23.5 Å². The van der Waals surface area contributed by atoms with Crippen LogP contribution in [0.1, 0.15) is 58.2 Å². The van der Waals surface area contributed by atoms with Gasteiger partial charge in [-0.1, -0.05) is 53.7 Å². The van der Waals surface area contributed by atoms with Gasteiger partial charge in [0.15, 0.2) is 0 Å². The van der Waals surface area contributed by atoms with Gasteiger partial charge in [-0.15, -0.1) is 0 Å². The van der Waals surface area contributed by atoms with E-state index in [0.29, 0.717) is 17.4 Å². The molecule has 1 aromatic heterocycles. The first-order chi connectivity index (χ1) is 18.4. The van der Waals surface area contributed by atoms with Crippen molar-refractivity contribution >= 4 is 17.1 Å². The Morgan fingerprint density at radius 1 is 0.692 bits per heavy atom. The molecule has 0 bridgehead atoms. The number of nitrogens with zero attached hydrogens (tertiary/aromatic N) is 3. The summed E-state index contributed by atoms with van der Waals surface area (Å²) in [7, 11) is 2.14. The topological polar surface area (TPSA) is 37.8 Å². The van der Waals surface area contributed by atoms with Gasteiger partial charge in [0.05, 0.1) is 18.0 Å². The number of hydrogen-bond acceptors (Lipinski definition) is 5. The fourth-order valence-electron chi connectivity index (χ4n) is 4.77. The van der Waals surface area contributed by atoms with Crippen molar-refractivity contribution in [1.29, 1.82) is 0 Å². The Hall–Kier alpha value is -3.99. The van der Waals surface area contributed by atoms with Crippen LogP contribution >= 0.6 is 0 Å². The third-order valence-electron chi connectivity index (χ3n) is 7.12. The fraction of sp³-hybridized carbons (Fsp3) is 0.324. The SMILES string of the molecule is Cc1ccc2c(c1)N(C)CN2c1cc(Oc2cccc(Oc3cc(C(C)(C)C)ccn3)c2)cc(C(C)(C)C)c1. The number of fused-ring (bicyclic) bond motifs is 1. The molecule has 0 atom stereocenters. The van der Waals surface area contributed by atoms with Crippen LogP contribution in [0.25, 0.3) is 0 Å². The van der Waals surface area contributed by atoms with E-state index in [2.05, 4.69) is 107 Å². The summed E-state index contributed by atoms with van der Waals surface area (Å²) in [6, 6.07) is 24.9. The van der Waals surface area contributed by atoms with Crippen LogP contribution < -0.4 is 19.3 Å². The summed E-state index contributed by atoms with van der Waals surface area (Å²) in [6.07, 6.45) is 1.80. The van der Waals surface area contributed by atoms with Gasteiger partial charge < -0.3 is 19.3 Å². The van der Waals surface area contributed by atoms with Gasteiger partial charge in [0, 0.05) is 37.1 Å². The van der Waals surface area contributed by atoms with E-state index in [4.69, 9.17) is 9.47 Å². The highest BCUT2D eigenvalue weighted by Gasteiger charge is 2.26. The third-order valence-corrected chi connectivity index (χ3v) is 7.12. The van der Waals surface area contributed by atoms with E-state index in [0.717, 1.165) is 18.1 Å². The number of pyridine rings is 1. The van der Waals surface area contributed by atoms with Crippen molar-refractivity contribution in [2.24, 2.45) is 0 Å². The van der Waals surface area contributed by atoms with E-state index in [1.165, 1.54) is 28.1 Å². The number of aromatic nitrogens is 1. The van der Waals surface area contributed by atoms with Crippen molar-refractivity contribution in [1.82, 2.24) is 4.98 Å². The van der Waals surface area contributed by atoms with Crippen LogP contribution in [0.3, 0.4) is 0 Å². The Labute approximate surface area is 233 Å². The summed E-state index contributed by atoms with van der Waals surface area (Å²) in [6.45, 7) is 16.2. The van der Waals surface area contributed by atoms with Gasteiger partial charge in [-0.2, -0.15) is 0 Å². The standard InChI is InChI=1S/C34H39N3O2/c1-23-12-13-30-31(16-23)36(8)22-37(30)26-17-25(34(5,6)7)18-29(20-26)38-27-10-9-11-28(21-27)39-32-19-24(14-15-35-32)33(2,3)4/h9-21H,22H2,1-8H3. The Kier molecular flexibility index (Phi) is 6.79. The number of aryl methyl sites for hydroxylation is 1. The second kappa shape index (κ2) is 9.96. The predicted octanol–water partition coefficient (Wildman–Crippen LogP) is 9.12. The largest absolute Gasteiger partial charge is 0.457 e. The minimum Gasteiger partial charge on any atom is -0.457 e. The first-order valence-corrected chi connectivity index (χ1v) is 13.5. The van der Waals surface area contributed by atoms with Crippen molar-refractivity contribution in [3.63, 3.8) is 0 Å². The number of ether oxygens (including phenoxy) is 2. The summed E-state index contributed by atoms with van der Waals surface area (Å²) < 4.78 is 12.6. The molecule has 0 spiro atoms. The zero-order chi connectivity index (χ0) is 27.9. The van der Waals surface area contributed by atoms with E-state index in [-0.39, 0.29) is 10.8 Å². The predicted molar refractivity (Wildman–Crippen MR) is 161 cm³/mol. The van der Waals surface area contributed by atoms with Crippen molar-refractivity contribution in [3.05, 3.63) is 95.7 Å². The van der Waals surface area contributed by atoms with Gasteiger partial charge in [0.1, 0.15) is 17.2 Å². The normalized spacial score (nSPS) is 13.4. The fourth-order valence-corrected chi connectivity index (χ4v) is 4.77. The maximum atomic E-state index is 6.46. The Morgan fingerprint density at radius 2 is 1.41 bits per heavy atom. The second-order valence-corrected chi connectivity index (χ2v) is 12.5. The van der Waals surface area contributed by atoms with Gasteiger partial charge in [-0.05, 0) is 76.9 Å². The lowest BCUT2D eigenvalue weighted by molar-refractivity contribution is 0.445. The van der Waals surface area contributed by atoms with Gasteiger partial charge in [0.2, 0.25) is 5.88 Å². The summed E-state index contributed by atoms with van der Waals surface area (Å²) in [5.74, 6) is 2.77. The number of rotatable bonds is 5. The first kappa shape index (κ1) is 26.6. The Morgan fingerprint density at radius 3 is 2.13 bits per heavy atom. The van der Waals surface area contributed by atoms with Crippen molar-refractivity contribution in [2.45, 2.75) is 59.3 Å². The second-order valence-electron chi connectivity index (χ2n) is 12.5. The first-order valence-electron chi connectivity index (χ1n) is 13.5. The highest BCUT2D eigenvalue weighted by molar-refractivity contribution is 5.83. The lowest BCUT2D eigenvalue weighted by Gasteiger charge is -2.25.